The Kier molecular flexibility index (Phi) is 6.48. The van der Waals surface area contributed by atoms with Crippen molar-refractivity contribution in [2.24, 2.45) is 0 Å². The maximum absolute atomic E-state index is 12.9. The summed E-state index contributed by atoms with van der Waals surface area (Å²) < 4.78 is 32.4. The van der Waals surface area contributed by atoms with Gasteiger partial charge in [0.25, 0.3) is 5.91 Å². The number of nitrogens with zero attached hydrogens (tertiary/aromatic N) is 2. The van der Waals surface area contributed by atoms with Gasteiger partial charge in [-0.15, -0.1) is 0 Å². The monoisotopic (exact) mass is 388 g/mol. The summed E-state index contributed by atoms with van der Waals surface area (Å²) in [5.41, 5.74) is 0.205. The van der Waals surface area contributed by atoms with Crippen molar-refractivity contribution in [1.29, 1.82) is 0 Å². The van der Waals surface area contributed by atoms with E-state index in [4.69, 9.17) is 16.3 Å². The van der Waals surface area contributed by atoms with Gasteiger partial charge in [-0.05, 0) is 32.0 Å². The summed E-state index contributed by atoms with van der Waals surface area (Å²) >= 11 is 6.19. The second-order valence-electron chi connectivity index (χ2n) is 6.20. The molecule has 0 N–H and O–H groups in total. The van der Waals surface area contributed by atoms with E-state index in [1.807, 2.05) is 13.8 Å². The molecule has 1 aromatic carbocycles. The number of morpholine rings is 1. The third-order valence-corrected chi connectivity index (χ3v) is 6.59. The zero-order valence-corrected chi connectivity index (χ0v) is 16.6. The number of hydrogen-bond donors (Lipinski definition) is 0. The lowest BCUT2D eigenvalue weighted by atomic mass is 10.1. The van der Waals surface area contributed by atoms with Crippen LogP contribution >= 0.6 is 11.6 Å². The highest BCUT2D eigenvalue weighted by Gasteiger charge is 2.29. The molecule has 0 aromatic heterocycles. The highest BCUT2D eigenvalue weighted by molar-refractivity contribution is 7.89. The van der Waals surface area contributed by atoms with Gasteiger partial charge >= 0.3 is 0 Å². The standard InChI is InChI=1S/C17H25ClN2O4S/c1-5-20(6-2)25(22,23)14-7-8-16(18)15(9-14)17(21)19-10-12(3)24-13(4)11-19/h7-9,12-13H,5-6,10-11H2,1-4H3. The third kappa shape index (κ3) is 4.34. The van der Waals surface area contributed by atoms with Crippen molar-refractivity contribution in [2.45, 2.75) is 44.8 Å². The quantitative estimate of drug-likeness (QED) is 0.777. The Morgan fingerprint density at radius 2 is 1.80 bits per heavy atom. The van der Waals surface area contributed by atoms with Crippen LogP contribution < -0.4 is 0 Å². The Hall–Kier alpha value is -1.15. The van der Waals surface area contributed by atoms with Crippen molar-refractivity contribution in [3.63, 3.8) is 0 Å². The molecule has 0 bridgehead atoms. The summed E-state index contributed by atoms with van der Waals surface area (Å²) in [7, 11) is -3.65. The molecule has 2 rings (SSSR count). The summed E-state index contributed by atoms with van der Waals surface area (Å²) in [5, 5.41) is 0.246. The largest absolute Gasteiger partial charge is 0.372 e. The molecule has 0 aliphatic carbocycles. The van der Waals surface area contributed by atoms with E-state index in [2.05, 4.69) is 0 Å². The fourth-order valence-corrected chi connectivity index (χ4v) is 4.74. The van der Waals surface area contributed by atoms with E-state index in [1.54, 1.807) is 18.7 Å². The van der Waals surface area contributed by atoms with Crippen LogP contribution in [-0.2, 0) is 14.8 Å². The Morgan fingerprint density at radius 1 is 1.24 bits per heavy atom. The lowest BCUT2D eigenvalue weighted by Gasteiger charge is -2.35. The van der Waals surface area contributed by atoms with Gasteiger partial charge in [-0.25, -0.2) is 8.42 Å². The lowest BCUT2D eigenvalue weighted by molar-refractivity contribution is -0.0586. The molecule has 1 heterocycles. The molecule has 1 aliphatic rings. The first-order chi connectivity index (χ1) is 11.7. The van der Waals surface area contributed by atoms with E-state index < -0.39 is 10.0 Å². The van der Waals surface area contributed by atoms with E-state index in [0.717, 1.165) is 0 Å². The highest BCUT2D eigenvalue weighted by Crippen LogP contribution is 2.25. The van der Waals surface area contributed by atoms with Gasteiger partial charge in [0.1, 0.15) is 0 Å². The number of hydrogen-bond acceptors (Lipinski definition) is 4. The molecule has 1 amide bonds. The minimum Gasteiger partial charge on any atom is -0.372 e. The summed E-state index contributed by atoms with van der Waals surface area (Å²) in [6.07, 6.45) is -0.150. The van der Waals surface area contributed by atoms with Crippen LogP contribution in [0.3, 0.4) is 0 Å². The zero-order valence-electron chi connectivity index (χ0n) is 15.0. The molecular weight excluding hydrogens is 364 g/mol. The second kappa shape index (κ2) is 8.03. The predicted octanol–water partition coefficient (Wildman–Crippen LogP) is 2.62. The van der Waals surface area contributed by atoms with Gasteiger partial charge < -0.3 is 9.64 Å². The normalized spacial score (nSPS) is 21.6. The fraction of sp³-hybridized carbons (Fsp3) is 0.588. The molecule has 0 saturated carbocycles. The number of ether oxygens (including phenoxy) is 1. The van der Waals surface area contributed by atoms with Gasteiger partial charge in [-0.1, -0.05) is 25.4 Å². The van der Waals surface area contributed by atoms with Gasteiger partial charge in [0.05, 0.1) is 27.7 Å². The molecule has 140 valence electrons. The molecular formula is C17H25ClN2O4S. The Bertz CT molecular complexity index is 724. The van der Waals surface area contributed by atoms with Crippen LogP contribution in [0.1, 0.15) is 38.1 Å². The average Bonchev–Trinajstić information content (AvgIpc) is 2.54. The Morgan fingerprint density at radius 3 is 2.32 bits per heavy atom. The molecule has 25 heavy (non-hydrogen) atoms. The SMILES string of the molecule is CCN(CC)S(=O)(=O)c1ccc(Cl)c(C(=O)N2CC(C)OC(C)C2)c1. The molecule has 0 radical (unpaired) electrons. The fourth-order valence-electron chi connectivity index (χ4n) is 3.06. The minimum absolute atomic E-state index is 0.0749. The van der Waals surface area contributed by atoms with Crippen LogP contribution in [0, 0.1) is 0 Å². The molecule has 0 spiro atoms. The number of amides is 1. The van der Waals surface area contributed by atoms with E-state index in [9.17, 15) is 13.2 Å². The summed E-state index contributed by atoms with van der Waals surface area (Å²) in [5.74, 6) is -0.274. The number of benzene rings is 1. The Labute approximate surface area is 154 Å². The summed E-state index contributed by atoms with van der Waals surface area (Å²) in [6.45, 7) is 8.99. The molecule has 1 aliphatic heterocycles. The maximum Gasteiger partial charge on any atom is 0.255 e. The van der Waals surface area contributed by atoms with Crippen LogP contribution in [-0.4, -0.2) is 61.9 Å². The first-order valence-corrected chi connectivity index (χ1v) is 10.3. The molecule has 2 unspecified atom stereocenters. The first kappa shape index (κ1) is 20.2. The van der Waals surface area contributed by atoms with E-state index in [-0.39, 0.29) is 33.6 Å². The molecule has 2 atom stereocenters. The van der Waals surface area contributed by atoms with Crippen LogP contribution in [0.15, 0.2) is 23.1 Å². The van der Waals surface area contributed by atoms with Crippen molar-refractivity contribution in [2.75, 3.05) is 26.2 Å². The summed E-state index contributed by atoms with van der Waals surface area (Å²) in [6, 6.07) is 4.29. The molecule has 6 nitrogen and oxygen atoms in total. The van der Waals surface area contributed by atoms with Gasteiger partial charge in [-0.3, -0.25) is 4.79 Å². The second-order valence-corrected chi connectivity index (χ2v) is 8.54. The van der Waals surface area contributed by atoms with Crippen LogP contribution in [0.25, 0.3) is 0 Å². The molecule has 1 fully saturated rings. The van der Waals surface area contributed by atoms with Crippen molar-refractivity contribution < 1.29 is 17.9 Å². The smallest absolute Gasteiger partial charge is 0.255 e. The minimum atomic E-state index is -3.65. The van der Waals surface area contributed by atoms with Gasteiger partial charge in [0.2, 0.25) is 10.0 Å². The van der Waals surface area contributed by atoms with Crippen LogP contribution in [0.5, 0.6) is 0 Å². The molecule has 1 saturated heterocycles. The van der Waals surface area contributed by atoms with Gasteiger partial charge in [-0.2, -0.15) is 4.31 Å². The van der Waals surface area contributed by atoms with Crippen molar-refractivity contribution in [3.05, 3.63) is 28.8 Å². The van der Waals surface area contributed by atoms with Crippen LogP contribution in [0.2, 0.25) is 5.02 Å². The molecule has 1 aromatic rings. The highest BCUT2D eigenvalue weighted by atomic mass is 35.5. The maximum atomic E-state index is 12.9. The lowest BCUT2D eigenvalue weighted by Crippen LogP contribution is -2.48. The van der Waals surface area contributed by atoms with Crippen molar-refractivity contribution in [1.82, 2.24) is 9.21 Å². The topological polar surface area (TPSA) is 66.9 Å². The number of halogens is 1. The van der Waals surface area contributed by atoms with Gasteiger partial charge in [0, 0.05) is 26.2 Å². The number of carbonyl (C=O) groups is 1. The molecule has 8 heteroatoms. The van der Waals surface area contributed by atoms with E-state index >= 15 is 0 Å². The summed E-state index contributed by atoms with van der Waals surface area (Å²) in [4.78, 5) is 14.6. The third-order valence-electron chi connectivity index (χ3n) is 4.22. The van der Waals surface area contributed by atoms with E-state index in [1.165, 1.54) is 22.5 Å². The first-order valence-electron chi connectivity index (χ1n) is 8.45. The number of rotatable bonds is 5. The van der Waals surface area contributed by atoms with Crippen molar-refractivity contribution >= 4 is 27.5 Å². The van der Waals surface area contributed by atoms with Crippen LogP contribution in [0.4, 0.5) is 0 Å². The van der Waals surface area contributed by atoms with Crippen molar-refractivity contribution in [3.8, 4) is 0 Å². The van der Waals surface area contributed by atoms with E-state index in [0.29, 0.717) is 26.2 Å². The number of sulfonamides is 1. The predicted molar refractivity (Wildman–Crippen MR) is 97.5 cm³/mol. The van der Waals surface area contributed by atoms with Gasteiger partial charge in [0.15, 0.2) is 0 Å². The zero-order chi connectivity index (χ0) is 18.8. The average molecular weight is 389 g/mol. The number of carbonyl (C=O) groups excluding carboxylic acids is 1. The Balaban J connectivity index is 2.38.